The van der Waals surface area contributed by atoms with E-state index in [1.165, 1.54) is 57.8 Å². The molecule has 0 aromatic rings. The molecule has 0 aromatic carbocycles. The molecule has 0 aliphatic heterocycles. The number of aliphatic hydroxyl groups excluding tert-OH is 4. The van der Waals surface area contributed by atoms with Crippen molar-refractivity contribution in [2.75, 3.05) is 19.8 Å². The maximum Gasteiger partial charge on any atom is 0.100 e. The number of hydrogen-bond acceptors (Lipinski definition) is 4. The van der Waals surface area contributed by atoms with Gasteiger partial charge < -0.3 is 20.4 Å². The molecule has 0 atom stereocenters. The van der Waals surface area contributed by atoms with Crippen molar-refractivity contribution in [1.82, 2.24) is 0 Å². The predicted octanol–water partition coefficient (Wildman–Crippen LogP) is 2.23. The lowest BCUT2D eigenvalue weighted by Crippen LogP contribution is -2.15. The molecule has 0 aromatic heterocycles. The van der Waals surface area contributed by atoms with Gasteiger partial charge in [-0.3, -0.25) is 0 Å². The van der Waals surface area contributed by atoms with Crippen LogP contribution < -0.4 is 0 Å². The Kier molecular flexibility index (Phi) is 22.4. The standard InChI is InChI=1S/C12H26O.C3H8O3/c1-2-3-4-5-6-7-8-9-10-11-12-13;4-1-3(6)2-5/h13H,2-12H2,1H3;3-6H,1-2H2. The molecule has 0 heterocycles. The Bertz CT molecular complexity index is 128. The van der Waals surface area contributed by atoms with Gasteiger partial charge in [0.2, 0.25) is 0 Å². The van der Waals surface area contributed by atoms with Gasteiger partial charge in [0.25, 0.3) is 0 Å². The summed E-state index contributed by atoms with van der Waals surface area (Å²) < 4.78 is 0. The summed E-state index contributed by atoms with van der Waals surface area (Å²) in [6.07, 6.45) is 12.3. The van der Waals surface area contributed by atoms with Gasteiger partial charge in [-0.05, 0) is 6.42 Å². The summed E-state index contributed by atoms with van der Waals surface area (Å²) in [4.78, 5) is 0. The molecule has 4 N–H and O–H groups in total. The molecule has 4 heteroatoms. The third-order valence-corrected chi connectivity index (χ3v) is 2.93. The van der Waals surface area contributed by atoms with E-state index < -0.39 is 6.10 Å². The third kappa shape index (κ3) is 23.4. The van der Waals surface area contributed by atoms with Crippen LogP contribution in [-0.4, -0.2) is 46.4 Å². The van der Waals surface area contributed by atoms with Crippen LogP contribution in [-0.2, 0) is 0 Å². The fourth-order valence-corrected chi connectivity index (χ4v) is 1.66. The summed E-state index contributed by atoms with van der Waals surface area (Å²) in [7, 11) is 0. The fourth-order valence-electron chi connectivity index (χ4n) is 1.66. The lowest BCUT2D eigenvalue weighted by molar-refractivity contribution is 0.0450. The van der Waals surface area contributed by atoms with Crippen molar-refractivity contribution < 1.29 is 20.4 Å². The molecular weight excluding hydrogens is 244 g/mol. The molecule has 118 valence electrons. The number of rotatable bonds is 12. The Hall–Kier alpha value is -0.160. The second kappa shape index (κ2) is 20.2. The van der Waals surface area contributed by atoms with Crippen LogP contribution in [0.2, 0.25) is 0 Å². The van der Waals surface area contributed by atoms with Crippen molar-refractivity contribution in [3.8, 4) is 0 Å². The minimum atomic E-state index is -0.954. The van der Waals surface area contributed by atoms with Gasteiger partial charge in [0.1, 0.15) is 6.10 Å². The van der Waals surface area contributed by atoms with Gasteiger partial charge in [0, 0.05) is 6.61 Å². The van der Waals surface area contributed by atoms with E-state index in [0.717, 1.165) is 6.42 Å². The van der Waals surface area contributed by atoms with Gasteiger partial charge in [-0.2, -0.15) is 0 Å². The zero-order valence-corrected chi connectivity index (χ0v) is 12.6. The molecule has 0 unspecified atom stereocenters. The maximum absolute atomic E-state index is 8.57. The smallest absolute Gasteiger partial charge is 0.100 e. The second-order valence-electron chi connectivity index (χ2n) is 4.92. The van der Waals surface area contributed by atoms with Crippen LogP contribution in [0.15, 0.2) is 0 Å². The summed E-state index contributed by atoms with van der Waals surface area (Å²) in [5.41, 5.74) is 0. The van der Waals surface area contributed by atoms with Crippen LogP contribution in [0.3, 0.4) is 0 Å². The molecule has 0 saturated heterocycles. The largest absolute Gasteiger partial charge is 0.396 e. The highest BCUT2D eigenvalue weighted by Crippen LogP contribution is 2.09. The summed E-state index contributed by atoms with van der Waals surface area (Å²) in [6.45, 7) is 1.90. The Morgan fingerprint density at radius 2 is 1.00 bits per heavy atom. The Morgan fingerprint density at radius 3 is 1.26 bits per heavy atom. The van der Waals surface area contributed by atoms with E-state index in [0.29, 0.717) is 6.61 Å². The van der Waals surface area contributed by atoms with Crippen molar-refractivity contribution in [1.29, 1.82) is 0 Å². The van der Waals surface area contributed by atoms with Crippen molar-refractivity contribution >= 4 is 0 Å². The molecule has 4 nitrogen and oxygen atoms in total. The average Bonchev–Trinajstić information content (AvgIpc) is 2.45. The van der Waals surface area contributed by atoms with Crippen molar-refractivity contribution in [3.05, 3.63) is 0 Å². The van der Waals surface area contributed by atoms with E-state index in [2.05, 4.69) is 6.92 Å². The first-order valence-electron chi connectivity index (χ1n) is 7.73. The molecule has 0 spiro atoms. The molecule has 0 rings (SSSR count). The quantitative estimate of drug-likeness (QED) is 0.413. The van der Waals surface area contributed by atoms with Crippen molar-refractivity contribution in [2.45, 2.75) is 77.2 Å². The molecule has 0 saturated carbocycles. The van der Waals surface area contributed by atoms with E-state index in [1.807, 2.05) is 0 Å². The molecule has 0 fully saturated rings. The summed E-state index contributed by atoms with van der Waals surface area (Å²) in [5, 5.41) is 32.6. The first kappa shape index (κ1) is 21.1. The number of hydrogen-bond donors (Lipinski definition) is 4. The van der Waals surface area contributed by atoms with E-state index in [4.69, 9.17) is 20.4 Å². The number of aliphatic hydroxyl groups is 4. The topological polar surface area (TPSA) is 80.9 Å². The molecule has 0 amide bonds. The molecule has 0 aliphatic rings. The highest BCUT2D eigenvalue weighted by molar-refractivity contribution is 4.46. The van der Waals surface area contributed by atoms with E-state index in [1.54, 1.807) is 0 Å². The van der Waals surface area contributed by atoms with Crippen LogP contribution >= 0.6 is 0 Å². The maximum atomic E-state index is 8.57. The lowest BCUT2D eigenvalue weighted by Gasteiger charge is -2.00. The van der Waals surface area contributed by atoms with Gasteiger partial charge in [-0.15, -0.1) is 0 Å². The van der Waals surface area contributed by atoms with Gasteiger partial charge in [0.05, 0.1) is 13.2 Å². The van der Waals surface area contributed by atoms with Gasteiger partial charge in [-0.1, -0.05) is 64.7 Å². The highest BCUT2D eigenvalue weighted by Gasteiger charge is 1.93. The second-order valence-corrected chi connectivity index (χ2v) is 4.92. The number of unbranched alkanes of at least 4 members (excludes halogenated alkanes) is 9. The zero-order chi connectivity index (χ0) is 14.8. The SMILES string of the molecule is CCCCCCCCCCCCO.OCC(O)CO. The fraction of sp³-hybridized carbons (Fsp3) is 1.00. The molecule has 19 heavy (non-hydrogen) atoms. The van der Waals surface area contributed by atoms with Crippen LogP contribution in [0.1, 0.15) is 71.1 Å². The van der Waals surface area contributed by atoms with E-state index in [-0.39, 0.29) is 13.2 Å². The van der Waals surface area contributed by atoms with E-state index in [9.17, 15) is 0 Å². The highest BCUT2D eigenvalue weighted by atomic mass is 16.3. The zero-order valence-electron chi connectivity index (χ0n) is 12.6. The molecule has 0 radical (unpaired) electrons. The van der Waals surface area contributed by atoms with Crippen molar-refractivity contribution in [3.63, 3.8) is 0 Å². The minimum absolute atomic E-state index is 0.365. The van der Waals surface area contributed by atoms with Crippen LogP contribution in [0.25, 0.3) is 0 Å². The Morgan fingerprint density at radius 1 is 0.632 bits per heavy atom. The van der Waals surface area contributed by atoms with Crippen LogP contribution in [0, 0.1) is 0 Å². The van der Waals surface area contributed by atoms with E-state index >= 15 is 0 Å². The monoisotopic (exact) mass is 278 g/mol. The lowest BCUT2D eigenvalue weighted by atomic mass is 10.1. The first-order valence-corrected chi connectivity index (χ1v) is 7.73. The Labute approximate surface area is 118 Å². The minimum Gasteiger partial charge on any atom is -0.396 e. The Balaban J connectivity index is 0. The molecule has 0 aliphatic carbocycles. The van der Waals surface area contributed by atoms with Gasteiger partial charge in [-0.25, -0.2) is 0 Å². The first-order chi connectivity index (χ1) is 9.22. The van der Waals surface area contributed by atoms with Crippen LogP contribution in [0.4, 0.5) is 0 Å². The summed E-state index contributed by atoms with van der Waals surface area (Å²) >= 11 is 0. The third-order valence-electron chi connectivity index (χ3n) is 2.93. The predicted molar refractivity (Wildman–Crippen MR) is 79.1 cm³/mol. The molecular formula is C15H34O4. The summed E-state index contributed by atoms with van der Waals surface area (Å²) in [5.74, 6) is 0. The van der Waals surface area contributed by atoms with Crippen molar-refractivity contribution in [2.24, 2.45) is 0 Å². The summed E-state index contributed by atoms with van der Waals surface area (Å²) in [6, 6.07) is 0. The van der Waals surface area contributed by atoms with Gasteiger partial charge in [0.15, 0.2) is 0 Å². The van der Waals surface area contributed by atoms with Crippen LogP contribution in [0.5, 0.6) is 0 Å². The average molecular weight is 278 g/mol. The molecule has 0 bridgehead atoms. The normalized spacial score (nSPS) is 10.4. The van der Waals surface area contributed by atoms with Gasteiger partial charge >= 0.3 is 0 Å².